The van der Waals surface area contributed by atoms with E-state index in [4.69, 9.17) is 5.73 Å². The van der Waals surface area contributed by atoms with Crippen molar-refractivity contribution in [2.24, 2.45) is 11.1 Å². The SMILES string of the molecule is NCC1(CNc2ccccc2C(F)(F)F)CCCCC1. The Morgan fingerprint density at radius 2 is 1.75 bits per heavy atom. The summed E-state index contributed by atoms with van der Waals surface area (Å²) >= 11 is 0. The Kier molecular flexibility index (Phi) is 4.58. The molecule has 20 heavy (non-hydrogen) atoms. The van der Waals surface area contributed by atoms with Gasteiger partial charge in [0, 0.05) is 12.2 Å². The van der Waals surface area contributed by atoms with Crippen molar-refractivity contribution in [3.63, 3.8) is 0 Å². The first-order valence-electron chi connectivity index (χ1n) is 7.07. The Morgan fingerprint density at radius 1 is 1.10 bits per heavy atom. The Labute approximate surface area is 117 Å². The lowest BCUT2D eigenvalue weighted by atomic mass is 9.74. The maximum Gasteiger partial charge on any atom is 0.418 e. The van der Waals surface area contributed by atoms with Crippen molar-refractivity contribution in [2.45, 2.75) is 38.3 Å². The van der Waals surface area contributed by atoms with Crippen LogP contribution in [0, 0.1) is 5.41 Å². The molecule has 1 fully saturated rings. The zero-order valence-electron chi connectivity index (χ0n) is 11.5. The zero-order chi connectivity index (χ0) is 14.6. The van der Waals surface area contributed by atoms with Crippen molar-refractivity contribution >= 4 is 5.69 Å². The van der Waals surface area contributed by atoms with Gasteiger partial charge in [-0.05, 0) is 36.9 Å². The van der Waals surface area contributed by atoms with Crippen LogP contribution >= 0.6 is 0 Å². The highest BCUT2D eigenvalue weighted by Crippen LogP contribution is 2.38. The second-order valence-corrected chi connectivity index (χ2v) is 5.66. The van der Waals surface area contributed by atoms with Gasteiger partial charge in [0.1, 0.15) is 0 Å². The Balaban J connectivity index is 2.10. The molecule has 1 aliphatic rings. The number of para-hydroxylation sites is 1. The predicted molar refractivity (Wildman–Crippen MR) is 74.5 cm³/mol. The van der Waals surface area contributed by atoms with Crippen LogP contribution in [0.15, 0.2) is 24.3 Å². The number of hydrogen-bond donors (Lipinski definition) is 2. The molecule has 5 heteroatoms. The van der Waals surface area contributed by atoms with Crippen molar-refractivity contribution in [2.75, 3.05) is 18.4 Å². The van der Waals surface area contributed by atoms with Gasteiger partial charge in [0.05, 0.1) is 5.56 Å². The molecule has 1 aliphatic carbocycles. The molecular formula is C15H21F3N2. The monoisotopic (exact) mass is 286 g/mol. The number of benzene rings is 1. The molecule has 2 rings (SSSR count). The van der Waals surface area contributed by atoms with Gasteiger partial charge < -0.3 is 11.1 Å². The highest BCUT2D eigenvalue weighted by atomic mass is 19.4. The van der Waals surface area contributed by atoms with Crippen LogP contribution in [0.25, 0.3) is 0 Å². The number of nitrogens with one attached hydrogen (secondary N) is 1. The van der Waals surface area contributed by atoms with Gasteiger partial charge in [0.15, 0.2) is 0 Å². The van der Waals surface area contributed by atoms with Crippen LogP contribution in [0.2, 0.25) is 0 Å². The zero-order valence-corrected chi connectivity index (χ0v) is 11.5. The highest BCUT2D eigenvalue weighted by molar-refractivity contribution is 5.52. The molecule has 1 aromatic rings. The van der Waals surface area contributed by atoms with Crippen LogP contribution in [0.1, 0.15) is 37.7 Å². The Hall–Kier alpha value is -1.23. The van der Waals surface area contributed by atoms with Gasteiger partial charge in [-0.2, -0.15) is 13.2 Å². The summed E-state index contributed by atoms with van der Waals surface area (Å²) in [5.41, 5.74) is 5.35. The summed E-state index contributed by atoms with van der Waals surface area (Å²) in [6.07, 6.45) is 1.07. The first-order valence-corrected chi connectivity index (χ1v) is 7.07. The summed E-state index contributed by atoms with van der Waals surface area (Å²) < 4.78 is 38.8. The van der Waals surface area contributed by atoms with Crippen LogP contribution in [0.4, 0.5) is 18.9 Å². The lowest BCUT2D eigenvalue weighted by Crippen LogP contribution is -2.39. The van der Waals surface area contributed by atoms with Crippen molar-refractivity contribution in [1.29, 1.82) is 0 Å². The molecule has 0 bridgehead atoms. The lowest BCUT2D eigenvalue weighted by Gasteiger charge is -2.37. The number of alkyl halides is 3. The second kappa shape index (κ2) is 6.04. The van der Waals surface area contributed by atoms with Crippen molar-refractivity contribution < 1.29 is 13.2 Å². The molecular weight excluding hydrogens is 265 g/mol. The van der Waals surface area contributed by atoms with E-state index in [1.807, 2.05) is 0 Å². The fourth-order valence-corrected chi connectivity index (χ4v) is 2.92. The average Bonchev–Trinajstić information content (AvgIpc) is 2.45. The van der Waals surface area contributed by atoms with Crippen LogP contribution in [0.3, 0.4) is 0 Å². The van der Waals surface area contributed by atoms with Gasteiger partial charge in [-0.15, -0.1) is 0 Å². The van der Waals surface area contributed by atoms with E-state index in [0.717, 1.165) is 31.7 Å². The minimum Gasteiger partial charge on any atom is -0.384 e. The minimum atomic E-state index is -4.33. The number of nitrogens with two attached hydrogens (primary N) is 1. The highest BCUT2D eigenvalue weighted by Gasteiger charge is 2.35. The molecule has 0 spiro atoms. The fraction of sp³-hybridized carbons (Fsp3) is 0.600. The van der Waals surface area contributed by atoms with Crippen LogP contribution < -0.4 is 11.1 Å². The summed E-state index contributed by atoms with van der Waals surface area (Å²) in [6.45, 7) is 1.03. The maximum absolute atomic E-state index is 12.9. The molecule has 1 saturated carbocycles. The largest absolute Gasteiger partial charge is 0.418 e. The van der Waals surface area contributed by atoms with Gasteiger partial charge in [-0.3, -0.25) is 0 Å². The number of halogens is 3. The van der Waals surface area contributed by atoms with E-state index in [1.54, 1.807) is 6.07 Å². The molecule has 0 aliphatic heterocycles. The van der Waals surface area contributed by atoms with E-state index in [0.29, 0.717) is 13.1 Å². The normalized spacial score (nSPS) is 18.8. The second-order valence-electron chi connectivity index (χ2n) is 5.66. The summed E-state index contributed by atoms with van der Waals surface area (Å²) in [5.74, 6) is 0. The van der Waals surface area contributed by atoms with E-state index in [9.17, 15) is 13.2 Å². The molecule has 0 radical (unpaired) electrons. The quantitative estimate of drug-likeness (QED) is 0.877. The van der Waals surface area contributed by atoms with Crippen molar-refractivity contribution in [3.8, 4) is 0 Å². The molecule has 0 unspecified atom stereocenters. The summed E-state index contributed by atoms with van der Waals surface area (Å²) in [7, 11) is 0. The number of rotatable bonds is 4. The average molecular weight is 286 g/mol. The minimum absolute atomic E-state index is 0.0586. The van der Waals surface area contributed by atoms with Crippen molar-refractivity contribution in [1.82, 2.24) is 0 Å². The first kappa shape index (κ1) is 15.2. The molecule has 0 aromatic heterocycles. The van der Waals surface area contributed by atoms with E-state index in [-0.39, 0.29) is 11.1 Å². The van der Waals surface area contributed by atoms with E-state index >= 15 is 0 Å². The molecule has 112 valence electrons. The van der Waals surface area contributed by atoms with Gasteiger partial charge >= 0.3 is 6.18 Å². The molecule has 3 N–H and O–H groups in total. The third kappa shape index (κ3) is 3.45. The molecule has 0 atom stereocenters. The topological polar surface area (TPSA) is 38.0 Å². The van der Waals surface area contributed by atoms with Gasteiger partial charge in [-0.1, -0.05) is 31.4 Å². The maximum atomic E-state index is 12.9. The Morgan fingerprint density at radius 3 is 2.35 bits per heavy atom. The third-order valence-corrected chi connectivity index (χ3v) is 4.23. The van der Waals surface area contributed by atoms with E-state index < -0.39 is 11.7 Å². The standard InChI is InChI=1S/C15H21F3N2/c16-15(17,18)12-6-2-3-7-13(12)20-11-14(10-19)8-4-1-5-9-14/h2-3,6-7,20H,1,4-5,8-11,19H2. The predicted octanol–water partition coefficient (Wildman–Crippen LogP) is 4.03. The van der Waals surface area contributed by atoms with Gasteiger partial charge in [0.2, 0.25) is 0 Å². The van der Waals surface area contributed by atoms with Crippen LogP contribution in [-0.2, 0) is 6.18 Å². The van der Waals surface area contributed by atoms with Gasteiger partial charge in [0.25, 0.3) is 0 Å². The summed E-state index contributed by atoms with van der Waals surface area (Å²) in [4.78, 5) is 0. The third-order valence-electron chi connectivity index (χ3n) is 4.23. The van der Waals surface area contributed by atoms with Crippen molar-refractivity contribution in [3.05, 3.63) is 29.8 Å². The lowest BCUT2D eigenvalue weighted by molar-refractivity contribution is -0.137. The molecule has 2 nitrogen and oxygen atoms in total. The number of hydrogen-bond acceptors (Lipinski definition) is 2. The smallest absolute Gasteiger partial charge is 0.384 e. The first-order chi connectivity index (χ1) is 9.47. The molecule has 0 heterocycles. The summed E-state index contributed by atoms with van der Waals surface area (Å²) in [6, 6.07) is 5.62. The number of anilines is 1. The summed E-state index contributed by atoms with van der Waals surface area (Å²) in [5, 5.41) is 2.98. The molecule has 1 aromatic carbocycles. The van der Waals surface area contributed by atoms with Gasteiger partial charge in [-0.25, -0.2) is 0 Å². The Bertz CT molecular complexity index is 437. The van der Waals surface area contributed by atoms with Crippen LogP contribution in [0.5, 0.6) is 0 Å². The fourth-order valence-electron chi connectivity index (χ4n) is 2.92. The van der Waals surface area contributed by atoms with Crippen LogP contribution in [-0.4, -0.2) is 13.1 Å². The van der Waals surface area contributed by atoms with E-state index in [2.05, 4.69) is 5.32 Å². The van der Waals surface area contributed by atoms with E-state index in [1.165, 1.54) is 18.6 Å². The molecule has 0 saturated heterocycles. The molecule has 0 amide bonds.